The van der Waals surface area contributed by atoms with E-state index in [1.165, 1.54) is 7.11 Å². The van der Waals surface area contributed by atoms with Crippen molar-refractivity contribution in [1.29, 1.82) is 0 Å². The Morgan fingerprint density at radius 2 is 1.85 bits per heavy atom. The summed E-state index contributed by atoms with van der Waals surface area (Å²) in [5, 5.41) is 0. The zero-order valence-electron chi connectivity index (χ0n) is 12.6. The van der Waals surface area contributed by atoms with Gasteiger partial charge in [0.1, 0.15) is 5.75 Å². The Morgan fingerprint density at radius 1 is 1.15 bits per heavy atom. The lowest BCUT2D eigenvalue weighted by molar-refractivity contribution is -0.134. The van der Waals surface area contributed by atoms with Crippen LogP contribution in [0, 0.1) is 0 Å². The number of allylic oxidation sites excluding steroid dienone is 1. The van der Waals surface area contributed by atoms with Crippen molar-refractivity contribution >= 4 is 11.5 Å². The lowest BCUT2D eigenvalue weighted by atomic mass is 10.0. The summed E-state index contributed by atoms with van der Waals surface area (Å²) in [6.45, 7) is 4.98. The summed E-state index contributed by atoms with van der Waals surface area (Å²) in [5.74, 6) is 0.563. The highest BCUT2D eigenvalue weighted by atomic mass is 16.5. The highest BCUT2D eigenvalue weighted by Crippen LogP contribution is 2.23. The smallest absolute Gasteiger partial charge is 0.330 e. The number of hydrogen-bond donors (Lipinski definition) is 0. The fourth-order valence-electron chi connectivity index (χ4n) is 1.87. The van der Waals surface area contributed by atoms with Crippen LogP contribution in [0.3, 0.4) is 0 Å². The summed E-state index contributed by atoms with van der Waals surface area (Å²) in [6.07, 6.45) is 5.59. The Morgan fingerprint density at radius 3 is 2.40 bits per heavy atom. The Kier molecular flexibility index (Phi) is 7.48. The monoisotopic (exact) mass is 276 g/mol. The SMILES string of the molecule is CCCCOc1ccc(C(=CC(=O)OC)CCC)cc1. The minimum atomic E-state index is -0.309. The number of hydrogen-bond acceptors (Lipinski definition) is 3. The maximum Gasteiger partial charge on any atom is 0.330 e. The van der Waals surface area contributed by atoms with E-state index in [1.807, 2.05) is 24.3 Å². The molecule has 0 unspecified atom stereocenters. The number of methoxy groups -OCH3 is 1. The molecule has 110 valence electrons. The first-order valence-electron chi connectivity index (χ1n) is 7.23. The highest BCUT2D eigenvalue weighted by Gasteiger charge is 2.05. The summed E-state index contributed by atoms with van der Waals surface area (Å²) in [6, 6.07) is 7.88. The minimum Gasteiger partial charge on any atom is -0.494 e. The molecular formula is C17H24O3. The van der Waals surface area contributed by atoms with E-state index in [9.17, 15) is 4.79 Å². The van der Waals surface area contributed by atoms with Gasteiger partial charge in [0.15, 0.2) is 0 Å². The van der Waals surface area contributed by atoms with Gasteiger partial charge >= 0.3 is 5.97 Å². The van der Waals surface area contributed by atoms with Crippen LogP contribution in [0.5, 0.6) is 5.75 Å². The number of carbonyl (C=O) groups is 1. The van der Waals surface area contributed by atoms with Crippen molar-refractivity contribution < 1.29 is 14.3 Å². The van der Waals surface area contributed by atoms with E-state index in [-0.39, 0.29) is 5.97 Å². The Balaban J connectivity index is 2.77. The number of benzene rings is 1. The van der Waals surface area contributed by atoms with Crippen molar-refractivity contribution in [3.8, 4) is 5.75 Å². The molecule has 0 saturated carbocycles. The van der Waals surface area contributed by atoms with Crippen LogP contribution in [-0.2, 0) is 9.53 Å². The first-order valence-corrected chi connectivity index (χ1v) is 7.23. The maximum atomic E-state index is 11.4. The number of unbranched alkanes of at least 4 members (excludes halogenated alkanes) is 1. The fourth-order valence-corrected chi connectivity index (χ4v) is 1.87. The van der Waals surface area contributed by atoms with Crippen LogP contribution in [0.2, 0.25) is 0 Å². The molecule has 0 aromatic heterocycles. The first kappa shape index (κ1) is 16.3. The standard InChI is InChI=1S/C17H24O3/c1-4-6-12-20-16-10-8-14(9-11-16)15(7-5-2)13-17(18)19-3/h8-11,13H,4-7,12H2,1-3H3. The van der Waals surface area contributed by atoms with Gasteiger partial charge in [0.25, 0.3) is 0 Å². The van der Waals surface area contributed by atoms with Crippen molar-refractivity contribution in [2.45, 2.75) is 39.5 Å². The van der Waals surface area contributed by atoms with Crippen molar-refractivity contribution in [2.75, 3.05) is 13.7 Å². The quantitative estimate of drug-likeness (QED) is 0.405. The second kappa shape index (κ2) is 9.18. The van der Waals surface area contributed by atoms with Gasteiger partial charge in [0.2, 0.25) is 0 Å². The molecule has 0 N–H and O–H groups in total. The molecule has 0 radical (unpaired) electrons. The molecule has 0 atom stereocenters. The average molecular weight is 276 g/mol. The van der Waals surface area contributed by atoms with Crippen LogP contribution < -0.4 is 4.74 Å². The van der Waals surface area contributed by atoms with Gasteiger partial charge in [-0.1, -0.05) is 38.8 Å². The fraction of sp³-hybridized carbons (Fsp3) is 0.471. The number of carbonyl (C=O) groups excluding carboxylic acids is 1. The largest absolute Gasteiger partial charge is 0.494 e. The van der Waals surface area contributed by atoms with Gasteiger partial charge in [0, 0.05) is 6.08 Å². The summed E-state index contributed by atoms with van der Waals surface area (Å²) in [7, 11) is 1.40. The topological polar surface area (TPSA) is 35.5 Å². The predicted octanol–water partition coefficient (Wildman–Crippen LogP) is 4.22. The lowest BCUT2D eigenvalue weighted by Gasteiger charge is -2.09. The van der Waals surface area contributed by atoms with Crippen LogP contribution in [0.4, 0.5) is 0 Å². The van der Waals surface area contributed by atoms with Gasteiger partial charge < -0.3 is 9.47 Å². The van der Waals surface area contributed by atoms with Gasteiger partial charge in [-0.05, 0) is 36.1 Å². The number of rotatable bonds is 8. The van der Waals surface area contributed by atoms with Crippen LogP contribution in [-0.4, -0.2) is 19.7 Å². The Labute approximate surface area is 121 Å². The molecule has 0 heterocycles. The van der Waals surface area contributed by atoms with Crippen LogP contribution in [0.1, 0.15) is 45.1 Å². The molecule has 3 heteroatoms. The van der Waals surface area contributed by atoms with Crippen LogP contribution in [0.15, 0.2) is 30.3 Å². The molecule has 0 aliphatic heterocycles. The lowest BCUT2D eigenvalue weighted by Crippen LogP contribution is -1.98. The Bertz CT molecular complexity index is 432. The molecule has 0 aliphatic carbocycles. The van der Waals surface area contributed by atoms with E-state index in [2.05, 4.69) is 13.8 Å². The molecule has 20 heavy (non-hydrogen) atoms. The molecule has 1 rings (SSSR count). The Hall–Kier alpha value is -1.77. The van der Waals surface area contributed by atoms with Crippen molar-refractivity contribution in [2.24, 2.45) is 0 Å². The molecule has 0 amide bonds. The number of ether oxygens (including phenoxy) is 2. The van der Waals surface area contributed by atoms with E-state index in [4.69, 9.17) is 9.47 Å². The highest BCUT2D eigenvalue weighted by molar-refractivity contribution is 5.91. The third kappa shape index (κ3) is 5.47. The van der Waals surface area contributed by atoms with Gasteiger partial charge in [-0.25, -0.2) is 4.79 Å². The summed E-state index contributed by atoms with van der Waals surface area (Å²) < 4.78 is 10.3. The molecule has 0 bridgehead atoms. The third-order valence-electron chi connectivity index (χ3n) is 3.00. The van der Waals surface area contributed by atoms with Crippen molar-refractivity contribution in [3.05, 3.63) is 35.9 Å². The zero-order valence-corrected chi connectivity index (χ0v) is 12.6. The van der Waals surface area contributed by atoms with Gasteiger partial charge in [0.05, 0.1) is 13.7 Å². The first-order chi connectivity index (χ1) is 9.71. The van der Waals surface area contributed by atoms with E-state index >= 15 is 0 Å². The van der Waals surface area contributed by atoms with Gasteiger partial charge in [-0.2, -0.15) is 0 Å². The summed E-state index contributed by atoms with van der Waals surface area (Å²) in [5.41, 5.74) is 2.04. The minimum absolute atomic E-state index is 0.309. The molecule has 0 aliphatic rings. The molecule has 0 saturated heterocycles. The summed E-state index contributed by atoms with van der Waals surface area (Å²) in [4.78, 5) is 11.4. The van der Waals surface area contributed by atoms with Gasteiger partial charge in [-0.3, -0.25) is 0 Å². The van der Waals surface area contributed by atoms with Crippen LogP contribution in [0.25, 0.3) is 5.57 Å². The van der Waals surface area contributed by atoms with E-state index in [0.717, 1.165) is 49.2 Å². The molecule has 1 aromatic carbocycles. The average Bonchev–Trinajstić information content (AvgIpc) is 2.47. The maximum absolute atomic E-state index is 11.4. The van der Waals surface area contributed by atoms with E-state index in [0.29, 0.717) is 0 Å². The van der Waals surface area contributed by atoms with Crippen molar-refractivity contribution in [1.82, 2.24) is 0 Å². The molecule has 0 fully saturated rings. The van der Waals surface area contributed by atoms with Crippen LogP contribution >= 0.6 is 0 Å². The summed E-state index contributed by atoms with van der Waals surface area (Å²) >= 11 is 0. The second-order valence-corrected chi connectivity index (χ2v) is 4.67. The molecular weight excluding hydrogens is 252 g/mol. The molecule has 3 nitrogen and oxygen atoms in total. The van der Waals surface area contributed by atoms with E-state index < -0.39 is 0 Å². The number of esters is 1. The predicted molar refractivity (Wildman–Crippen MR) is 81.7 cm³/mol. The van der Waals surface area contributed by atoms with Gasteiger partial charge in [-0.15, -0.1) is 0 Å². The molecule has 1 aromatic rings. The third-order valence-corrected chi connectivity index (χ3v) is 3.00. The molecule has 0 spiro atoms. The zero-order chi connectivity index (χ0) is 14.8. The second-order valence-electron chi connectivity index (χ2n) is 4.67. The van der Waals surface area contributed by atoms with Crippen molar-refractivity contribution in [3.63, 3.8) is 0 Å². The van der Waals surface area contributed by atoms with E-state index in [1.54, 1.807) is 6.08 Å². The normalized spacial score (nSPS) is 11.2.